The number of pyridine rings is 1. The third-order valence-corrected chi connectivity index (χ3v) is 4.85. The van der Waals surface area contributed by atoms with E-state index in [2.05, 4.69) is 19.9 Å². The summed E-state index contributed by atoms with van der Waals surface area (Å²) in [6.45, 7) is 5.82. The van der Waals surface area contributed by atoms with E-state index in [0.29, 0.717) is 22.1 Å². The molecule has 2 N–H and O–H groups in total. The first-order chi connectivity index (χ1) is 12.6. The van der Waals surface area contributed by atoms with E-state index in [0.717, 1.165) is 11.6 Å². The molecule has 3 aromatic rings. The molecule has 0 aliphatic heterocycles. The average Bonchev–Trinajstić information content (AvgIpc) is 2.98. The van der Waals surface area contributed by atoms with Gasteiger partial charge in [0.1, 0.15) is 5.65 Å². The van der Waals surface area contributed by atoms with E-state index in [1.807, 2.05) is 20.8 Å². The van der Waals surface area contributed by atoms with Crippen LogP contribution in [0.5, 0.6) is 0 Å². The van der Waals surface area contributed by atoms with Gasteiger partial charge in [0.2, 0.25) is 0 Å². The van der Waals surface area contributed by atoms with E-state index in [4.69, 9.17) is 11.6 Å². The van der Waals surface area contributed by atoms with Gasteiger partial charge in [-0.15, -0.1) is 0 Å². The van der Waals surface area contributed by atoms with Crippen molar-refractivity contribution in [2.75, 3.05) is 0 Å². The molecule has 3 rings (SSSR count). The van der Waals surface area contributed by atoms with E-state index in [1.165, 1.54) is 6.20 Å². The summed E-state index contributed by atoms with van der Waals surface area (Å²) < 4.78 is 14.4. The fraction of sp³-hybridized carbons (Fsp3) is 0.368. The van der Waals surface area contributed by atoms with Crippen LogP contribution < -0.4 is 0 Å². The minimum atomic E-state index is -0.915. The number of hydrogen-bond acceptors (Lipinski definition) is 4. The van der Waals surface area contributed by atoms with Crippen LogP contribution in [0.2, 0.25) is 5.02 Å². The van der Waals surface area contributed by atoms with Gasteiger partial charge in [-0.05, 0) is 23.8 Å². The molecule has 0 spiro atoms. The number of aromatic nitrogens is 4. The third-order valence-electron chi connectivity index (χ3n) is 4.64. The van der Waals surface area contributed by atoms with Gasteiger partial charge in [-0.1, -0.05) is 32.4 Å². The predicted molar refractivity (Wildman–Crippen MR) is 101 cm³/mol. The zero-order valence-corrected chi connectivity index (χ0v) is 16.0. The number of H-pyrrole nitrogens is 1. The maximum absolute atomic E-state index is 14.4. The molecule has 0 radical (unpaired) electrons. The van der Waals surface area contributed by atoms with Gasteiger partial charge in [-0.25, -0.2) is 19.3 Å². The molecule has 0 saturated heterocycles. The molecule has 0 fully saturated rings. The van der Waals surface area contributed by atoms with Gasteiger partial charge in [-0.3, -0.25) is 4.79 Å². The molecule has 0 aliphatic rings. The highest BCUT2D eigenvalue weighted by molar-refractivity contribution is 6.31. The molecule has 3 aromatic heterocycles. The highest BCUT2D eigenvalue weighted by Gasteiger charge is 2.29. The van der Waals surface area contributed by atoms with Crippen LogP contribution in [0.15, 0.2) is 24.7 Å². The van der Waals surface area contributed by atoms with E-state index >= 15 is 0 Å². The second kappa shape index (κ2) is 7.23. The lowest BCUT2D eigenvalue weighted by molar-refractivity contribution is -0.139. The predicted octanol–water partition coefficient (Wildman–Crippen LogP) is 4.49. The Kier molecular flexibility index (Phi) is 5.15. The highest BCUT2D eigenvalue weighted by atomic mass is 35.5. The van der Waals surface area contributed by atoms with Crippen molar-refractivity contribution >= 4 is 28.6 Å². The number of aliphatic carboxylic acids is 1. The second-order valence-electron chi connectivity index (χ2n) is 7.61. The van der Waals surface area contributed by atoms with Crippen molar-refractivity contribution in [3.63, 3.8) is 0 Å². The van der Waals surface area contributed by atoms with Crippen LogP contribution in [0, 0.1) is 17.2 Å². The fourth-order valence-electron chi connectivity index (χ4n) is 2.97. The zero-order chi connectivity index (χ0) is 19.8. The topological polar surface area (TPSA) is 91.8 Å². The molecule has 0 amide bonds. The Labute approximate surface area is 160 Å². The van der Waals surface area contributed by atoms with Crippen molar-refractivity contribution in [1.82, 2.24) is 19.9 Å². The first-order valence-corrected chi connectivity index (χ1v) is 8.89. The lowest BCUT2D eigenvalue weighted by atomic mass is 9.76. The molecule has 0 aromatic carbocycles. The van der Waals surface area contributed by atoms with Gasteiger partial charge in [0, 0.05) is 29.8 Å². The molecule has 8 heteroatoms. The smallest absolute Gasteiger partial charge is 0.303 e. The molecule has 3 heterocycles. The summed E-state index contributed by atoms with van der Waals surface area (Å²) in [7, 11) is 0. The number of carboxylic acids is 1. The van der Waals surface area contributed by atoms with Crippen LogP contribution in [0.4, 0.5) is 4.39 Å². The maximum Gasteiger partial charge on any atom is 0.303 e. The van der Waals surface area contributed by atoms with Crippen molar-refractivity contribution in [3.8, 4) is 11.4 Å². The zero-order valence-electron chi connectivity index (χ0n) is 15.3. The number of rotatable bonds is 5. The number of nitrogens with zero attached hydrogens (tertiary/aromatic N) is 3. The molecular formula is C19H20ClFN4O2. The molecule has 27 heavy (non-hydrogen) atoms. The quantitative estimate of drug-likeness (QED) is 0.669. The van der Waals surface area contributed by atoms with Gasteiger partial charge in [0.25, 0.3) is 0 Å². The first kappa shape index (κ1) is 19.2. The molecule has 6 nitrogen and oxygen atoms in total. The highest BCUT2D eigenvalue weighted by Crippen LogP contribution is 2.33. The van der Waals surface area contributed by atoms with Crippen LogP contribution >= 0.6 is 11.6 Å². The molecule has 142 valence electrons. The molecule has 0 unspecified atom stereocenters. The van der Waals surface area contributed by atoms with Crippen LogP contribution in [0.25, 0.3) is 22.4 Å². The van der Waals surface area contributed by atoms with E-state index in [-0.39, 0.29) is 29.9 Å². The largest absolute Gasteiger partial charge is 0.481 e. The minimum absolute atomic E-state index is 0.0606. The number of halogens is 2. The SMILES string of the molecule is CC(C)(C)[C@H](CC(=O)O)Cc1nc(-c2c[nH]c3ncc(Cl)cc23)ncc1F. The monoisotopic (exact) mass is 390 g/mol. The van der Waals surface area contributed by atoms with Crippen molar-refractivity contribution < 1.29 is 14.3 Å². The van der Waals surface area contributed by atoms with Crippen molar-refractivity contribution in [2.45, 2.75) is 33.6 Å². The second-order valence-corrected chi connectivity index (χ2v) is 8.04. The van der Waals surface area contributed by atoms with Crippen LogP contribution in [-0.2, 0) is 11.2 Å². The molecule has 1 atom stereocenters. The Bertz CT molecular complexity index is 997. The van der Waals surface area contributed by atoms with Gasteiger partial charge in [0.15, 0.2) is 11.6 Å². The maximum atomic E-state index is 14.4. The Morgan fingerprint density at radius 1 is 1.33 bits per heavy atom. The minimum Gasteiger partial charge on any atom is -0.481 e. The molecule has 0 aliphatic carbocycles. The lowest BCUT2D eigenvalue weighted by Crippen LogP contribution is -2.26. The summed E-state index contributed by atoms with van der Waals surface area (Å²) in [6, 6.07) is 1.74. The number of carboxylic acid groups (broad SMARTS) is 1. The van der Waals surface area contributed by atoms with E-state index in [9.17, 15) is 14.3 Å². The normalized spacial score (nSPS) is 13.1. The van der Waals surface area contributed by atoms with Gasteiger partial charge in [-0.2, -0.15) is 0 Å². The number of nitrogens with one attached hydrogen (secondary N) is 1. The summed E-state index contributed by atoms with van der Waals surface area (Å²) in [4.78, 5) is 26.9. The number of aromatic amines is 1. The van der Waals surface area contributed by atoms with Crippen molar-refractivity contribution in [1.29, 1.82) is 0 Å². The summed E-state index contributed by atoms with van der Waals surface area (Å²) in [5.41, 5.74) is 1.17. The Hall–Kier alpha value is -2.54. The molecular weight excluding hydrogens is 371 g/mol. The number of carbonyl (C=O) groups is 1. The third kappa shape index (κ3) is 4.24. The summed E-state index contributed by atoms with van der Waals surface area (Å²) >= 11 is 6.03. The van der Waals surface area contributed by atoms with Crippen molar-refractivity contribution in [2.24, 2.45) is 11.3 Å². The Morgan fingerprint density at radius 3 is 2.74 bits per heavy atom. The molecule has 0 saturated carbocycles. The van der Waals surface area contributed by atoms with Crippen LogP contribution in [0.3, 0.4) is 0 Å². The molecule has 0 bridgehead atoms. The summed E-state index contributed by atoms with van der Waals surface area (Å²) in [5, 5.41) is 10.4. The standard InChI is InChI=1S/C19H20ClFN4O2/c1-19(2,3)10(5-16(26)27)4-15-14(21)9-24-18(25-15)13-8-23-17-12(13)6-11(20)7-22-17/h6-10H,4-5H2,1-3H3,(H,22,23)(H,26,27)/t10-/m0/s1. The van der Waals surface area contributed by atoms with Gasteiger partial charge < -0.3 is 10.1 Å². The Morgan fingerprint density at radius 2 is 2.07 bits per heavy atom. The van der Waals surface area contributed by atoms with Crippen LogP contribution in [0.1, 0.15) is 32.9 Å². The average molecular weight is 391 g/mol. The van der Waals surface area contributed by atoms with Crippen molar-refractivity contribution in [3.05, 3.63) is 41.2 Å². The fourth-order valence-corrected chi connectivity index (χ4v) is 3.12. The number of hydrogen-bond donors (Lipinski definition) is 2. The van der Waals surface area contributed by atoms with E-state index < -0.39 is 11.8 Å². The van der Waals surface area contributed by atoms with Gasteiger partial charge in [0.05, 0.1) is 16.9 Å². The summed E-state index contributed by atoms with van der Waals surface area (Å²) in [5.74, 6) is -1.40. The first-order valence-electron chi connectivity index (χ1n) is 8.51. The van der Waals surface area contributed by atoms with Crippen LogP contribution in [-0.4, -0.2) is 31.0 Å². The van der Waals surface area contributed by atoms with E-state index in [1.54, 1.807) is 12.3 Å². The lowest BCUT2D eigenvalue weighted by Gasteiger charge is -2.29. The Balaban J connectivity index is 2.01. The number of fused-ring (bicyclic) bond motifs is 1. The van der Waals surface area contributed by atoms with Gasteiger partial charge >= 0.3 is 5.97 Å². The summed E-state index contributed by atoms with van der Waals surface area (Å²) in [6.07, 6.45) is 4.49.